The van der Waals surface area contributed by atoms with Crippen LogP contribution in [0.5, 0.6) is 0 Å². The topological polar surface area (TPSA) is 46.4 Å². The first kappa shape index (κ1) is 17.9. The molecule has 2 aromatic heterocycles. The fourth-order valence-electron chi connectivity index (χ4n) is 2.64. The number of halogens is 4. The van der Waals surface area contributed by atoms with Crippen LogP contribution in [0.2, 0.25) is 0 Å². The van der Waals surface area contributed by atoms with Gasteiger partial charge in [0.05, 0.1) is 11.3 Å². The molecule has 0 atom stereocenters. The Kier molecular flexibility index (Phi) is 4.67. The van der Waals surface area contributed by atoms with E-state index in [2.05, 4.69) is 10.3 Å². The van der Waals surface area contributed by atoms with Crippen molar-refractivity contribution >= 4 is 17.2 Å². The monoisotopic (exact) mass is 365 g/mol. The maximum absolute atomic E-state index is 13.0. The van der Waals surface area contributed by atoms with Crippen molar-refractivity contribution in [3.63, 3.8) is 0 Å². The Morgan fingerprint density at radius 2 is 1.85 bits per heavy atom. The van der Waals surface area contributed by atoms with Crippen molar-refractivity contribution in [3.8, 4) is 0 Å². The molecule has 0 aliphatic rings. The van der Waals surface area contributed by atoms with Crippen LogP contribution < -0.4 is 5.32 Å². The zero-order valence-corrected chi connectivity index (χ0v) is 13.8. The van der Waals surface area contributed by atoms with Crippen LogP contribution in [-0.4, -0.2) is 15.3 Å². The summed E-state index contributed by atoms with van der Waals surface area (Å²) in [4.78, 5) is 17.0. The molecule has 4 nitrogen and oxygen atoms in total. The molecule has 0 unspecified atom stereocenters. The lowest BCUT2D eigenvalue weighted by Crippen LogP contribution is -2.17. The van der Waals surface area contributed by atoms with Gasteiger partial charge in [-0.1, -0.05) is 13.3 Å². The predicted molar refractivity (Wildman–Crippen MR) is 88.5 cm³/mol. The standard InChI is InChI=1S/C18H15F4N3O/c1-2-3-14-16(17(26)23-13-7-5-12(19)6-8-13)25-10-11(18(20,21)22)4-9-15(25)24-14/h4-10H,2-3H2,1H3,(H,23,26). The van der Waals surface area contributed by atoms with E-state index in [1.807, 2.05) is 6.92 Å². The summed E-state index contributed by atoms with van der Waals surface area (Å²) in [5.74, 6) is -1.06. The van der Waals surface area contributed by atoms with E-state index in [-0.39, 0.29) is 11.3 Å². The SMILES string of the molecule is CCCc1nc2ccc(C(F)(F)F)cn2c1C(=O)Nc1ccc(F)cc1. The third-order valence-electron chi connectivity index (χ3n) is 3.82. The van der Waals surface area contributed by atoms with Gasteiger partial charge in [0.15, 0.2) is 0 Å². The Morgan fingerprint density at radius 1 is 1.15 bits per heavy atom. The minimum atomic E-state index is -4.53. The number of pyridine rings is 1. The predicted octanol–water partition coefficient (Wildman–Crippen LogP) is 4.70. The Labute approximate surface area is 146 Å². The smallest absolute Gasteiger partial charge is 0.321 e. The third kappa shape index (κ3) is 3.54. The summed E-state index contributed by atoms with van der Waals surface area (Å²) < 4.78 is 53.2. The number of amides is 1. The van der Waals surface area contributed by atoms with Crippen molar-refractivity contribution in [3.05, 3.63) is 65.4 Å². The van der Waals surface area contributed by atoms with E-state index in [0.29, 0.717) is 24.2 Å². The van der Waals surface area contributed by atoms with Gasteiger partial charge >= 0.3 is 6.18 Å². The molecule has 0 spiro atoms. The molecule has 26 heavy (non-hydrogen) atoms. The highest BCUT2D eigenvalue weighted by Crippen LogP contribution is 2.30. The Morgan fingerprint density at radius 3 is 2.46 bits per heavy atom. The highest BCUT2D eigenvalue weighted by Gasteiger charge is 2.32. The summed E-state index contributed by atoms with van der Waals surface area (Å²) in [5.41, 5.74) is 0.163. The molecule has 0 saturated heterocycles. The Bertz CT molecular complexity index is 945. The van der Waals surface area contributed by atoms with Gasteiger partial charge in [0, 0.05) is 11.9 Å². The molecule has 136 valence electrons. The molecule has 8 heteroatoms. The highest BCUT2D eigenvalue weighted by atomic mass is 19.4. The molecule has 1 amide bonds. The molecule has 1 aromatic carbocycles. The van der Waals surface area contributed by atoms with Crippen LogP contribution in [0.1, 0.15) is 35.1 Å². The fraction of sp³-hybridized carbons (Fsp3) is 0.222. The van der Waals surface area contributed by atoms with E-state index in [0.717, 1.165) is 16.7 Å². The average Bonchev–Trinajstić information content (AvgIpc) is 2.93. The molecule has 0 aliphatic carbocycles. The van der Waals surface area contributed by atoms with E-state index >= 15 is 0 Å². The number of nitrogens with zero attached hydrogens (tertiary/aromatic N) is 2. The van der Waals surface area contributed by atoms with E-state index < -0.39 is 23.5 Å². The van der Waals surface area contributed by atoms with Crippen LogP contribution in [0.25, 0.3) is 5.65 Å². The quantitative estimate of drug-likeness (QED) is 0.682. The van der Waals surface area contributed by atoms with Crippen LogP contribution >= 0.6 is 0 Å². The van der Waals surface area contributed by atoms with Gasteiger partial charge in [-0.2, -0.15) is 13.2 Å². The van der Waals surface area contributed by atoms with Gasteiger partial charge in [0.2, 0.25) is 0 Å². The lowest BCUT2D eigenvalue weighted by Gasteiger charge is -2.09. The van der Waals surface area contributed by atoms with E-state index in [9.17, 15) is 22.4 Å². The second-order valence-electron chi connectivity index (χ2n) is 5.76. The number of alkyl halides is 3. The molecule has 3 aromatic rings. The first-order chi connectivity index (χ1) is 12.3. The summed E-state index contributed by atoms with van der Waals surface area (Å²) >= 11 is 0. The second kappa shape index (κ2) is 6.78. The molecule has 0 aliphatic heterocycles. The third-order valence-corrected chi connectivity index (χ3v) is 3.82. The maximum Gasteiger partial charge on any atom is 0.417 e. The van der Waals surface area contributed by atoms with Gasteiger partial charge in [0.25, 0.3) is 5.91 Å². The van der Waals surface area contributed by atoms with Crippen LogP contribution in [0.4, 0.5) is 23.2 Å². The molecule has 0 saturated carbocycles. The number of fused-ring (bicyclic) bond motifs is 1. The van der Waals surface area contributed by atoms with E-state index in [1.54, 1.807) is 0 Å². The molecule has 3 rings (SSSR count). The van der Waals surface area contributed by atoms with Crippen LogP contribution in [0.3, 0.4) is 0 Å². The summed E-state index contributed by atoms with van der Waals surface area (Å²) in [6, 6.07) is 7.27. The van der Waals surface area contributed by atoms with Gasteiger partial charge < -0.3 is 5.32 Å². The minimum Gasteiger partial charge on any atom is -0.321 e. The second-order valence-corrected chi connectivity index (χ2v) is 5.76. The Hall–Kier alpha value is -2.90. The average molecular weight is 365 g/mol. The number of anilines is 1. The van der Waals surface area contributed by atoms with Crippen LogP contribution in [-0.2, 0) is 12.6 Å². The number of hydrogen-bond acceptors (Lipinski definition) is 2. The summed E-state index contributed by atoms with van der Waals surface area (Å²) in [5, 5.41) is 2.57. The van der Waals surface area contributed by atoms with Crippen molar-refractivity contribution in [1.29, 1.82) is 0 Å². The first-order valence-corrected chi connectivity index (χ1v) is 7.94. The molecule has 2 heterocycles. The molecule has 0 fully saturated rings. The molecule has 0 bridgehead atoms. The number of aryl methyl sites for hydroxylation is 1. The molecule has 0 radical (unpaired) electrons. The fourth-order valence-corrected chi connectivity index (χ4v) is 2.64. The van der Waals surface area contributed by atoms with Crippen molar-refractivity contribution in [2.45, 2.75) is 25.9 Å². The zero-order valence-electron chi connectivity index (χ0n) is 13.8. The van der Waals surface area contributed by atoms with Gasteiger partial charge in [0.1, 0.15) is 17.2 Å². The number of nitrogens with one attached hydrogen (secondary N) is 1. The molecular weight excluding hydrogens is 350 g/mol. The van der Waals surface area contributed by atoms with Crippen molar-refractivity contribution in [1.82, 2.24) is 9.38 Å². The summed E-state index contributed by atoms with van der Waals surface area (Å²) in [6.45, 7) is 1.88. The van der Waals surface area contributed by atoms with Gasteiger partial charge in [-0.25, -0.2) is 9.37 Å². The summed E-state index contributed by atoms with van der Waals surface area (Å²) in [7, 11) is 0. The lowest BCUT2D eigenvalue weighted by molar-refractivity contribution is -0.137. The van der Waals surface area contributed by atoms with Gasteiger partial charge in [-0.15, -0.1) is 0 Å². The van der Waals surface area contributed by atoms with Crippen molar-refractivity contribution < 1.29 is 22.4 Å². The zero-order chi connectivity index (χ0) is 18.9. The number of benzene rings is 1. The largest absolute Gasteiger partial charge is 0.417 e. The number of carbonyl (C=O) groups excluding carboxylic acids is 1. The van der Waals surface area contributed by atoms with Gasteiger partial charge in [-0.3, -0.25) is 9.20 Å². The van der Waals surface area contributed by atoms with Crippen LogP contribution in [0, 0.1) is 5.82 Å². The number of rotatable bonds is 4. The number of aromatic nitrogens is 2. The van der Waals surface area contributed by atoms with Gasteiger partial charge in [-0.05, 0) is 42.8 Å². The highest BCUT2D eigenvalue weighted by molar-refractivity contribution is 6.04. The van der Waals surface area contributed by atoms with E-state index in [1.165, 1.54) is 30.3 Å². The van der Waals surface area contributed by atoms with Crippen molar-refractivity contribution in [2.24, 2.45) is 0 Å². The summed E-state index contributed by atoms with van der Waals surface area (Å²) in [6.07, 6.45) is -2.56. The van der Waals surface area contributed by atoms with Crippen molar-refractivity contribution in [2.75, 3.05) is 5.32 Å². The minimum absolute atomic E-state index is 0.0391. The maximum atomic E-state index is 13.0. The van der Waals surface area contributed by atoms with E-state index in [4.69, 9.17) is 0 Å². The van der Waals surface area contributed by atoms with Crippen LogP contribution in [0.15, 0.2) is 42.6 Å². The normalized spacial score (nSPS) is 11.7. The number of hydrogen-bond donors (Lipinski definition) is 1. The Balaban J connectivity index is 2.07. The number of imidazole rings is 1. The molecule has 1 N–H and O–H groups in total. The lowest BCUT2D eigenvalue weighted by atomic mass is 10.2. The molecular formula is C18H15F4N3O. The first-order valence-electron chi connectivity index (χ1n) is 7.94. The number of carbonyl (C=O) groups is 1.